The minimum absolute atomic E-state index is 0.210. The van der Waals surface area contributed by atoms with Crippen LogP contribution in [0.15, 0.2) is 12.2 Å². The van der Waals surface area contributed by atoms with Crippen molar-refractivity contribution in [2.24, 2.45) is 11.3 Å². The Morgan fingerprint density at radius 3 is 2.42 bits per heavy atom. The summed E-state index contributed by atoms with van der Waals surface area (Å²) < 4.78 is 10.6. The first-order chi connectivity index (χ1) is 10.9. The van der Waals surface area contributed by atoms with Crippen LogP contribution in [0.1, 0.15) is 52.9 Å². The molecule has 6 nitrogen and oxygen atoms in total. The Labute approximate surface area is 141 Å². The first-order valence-corrected chi connectivity index (χ1v) is 8.40. The predicted octanol–water partition coefficient (Wildman–Crippen LogP) is 1.48. The quantitative estimate of drug-likeness (QED) is 0.596. The van der Waals surface area contributed by atoms with Crippen molar-refractivity contribution in [1.82, 2.24) is 0 Å². The third kappa shape index (κ3) is 2.65. The summed E-state index contributed by atoms with van der Waals surface area (Å²) in [5.74, 6) is -1.58. The van der Waals surface area contributed by atoms with E-state index < -0.39 is 35.3 Å². The van der Waals surface area contributed by atoms with Crippen LogP contribution in [0, 0.1) is 11.3 Å². The highest BCUT2D eigenvalue weighted by atomic mass is 16.6. The standard InChI is InChI=1S/C18H26O6/c1-11(2)14(20)23-5-13(19)24-18-8-15(4)6-16(21,10-18)9-17(22,7-15)12(18)3/h12,21-22H,1,5-10H2,2-4H3. The minimum Gasteiger partial charge on any atom is -0.456 e. The maximum Gasteiger partial charge on any atom is 0.344 e. The fraction of sp³-hybridized carbons (Fsp3) is 0.778. The zero-order valence-electron chi connectivity index (χ0n) is 14.6. The second-order valence-electron chi connectivity index (χ2n) is 8.64. The van der Waals surface area contributed by atoms with Gasteiger partial charge in [-0.1, -0.05) is 20.4 Å². The first-order valence-electron chi connectivity index (χ1n) is 8.40. The summed E-state index contributed by atoms with van der Waals surface area (Å²) >= 11 is 0. The highest BCUT2D eigenvalue weighted by molar-refractivity contribution is 5.88. The third-order valence-electron chi connectivity index (χ3n) is 6.06. The largest absolute Gasteiger partial charge is 0.456 e. The van der Waals surface area contributed by atoms with Crippen LogP contribution in [0.3, 0.4) is 0 Å². The molecule has 5 atom stereocenters. The molecule has 0 heterocycles. The molecule has 4 rings (SSSR count). The van der Waals surface area contributed by atoms with Crippen LogP contribution in [-0.2, 0) is 19.1 Å². The van der Waals surface area contributed by atoms with Gasteiger partial charge < -0.3 is 19.7 Å². The maximum absolute atomic E-state index is 12.2. The van der Waals surface area contributed by atoms with Gasteiger partial charge in [0, 0.05) is 24.3 Å². The Kier molecular flexibility index (Phi) is 3.67. The topological polar surface area (TPSA) is 93.1 Å². The van der Waals surface area contributed by atoms with Gasteiger partial charge >= 0.3 is 11.9 Å². The molecule has 0 amide bonds. The molecule has 2 N–H and O–H groups in total. The summed E-state index contributed by atoms with van der Waals surface area (Å²) in [6, 6.07) is 0. The van der Waals surface area contributed by atoms with Crippen LogP contribution in [0.4, 0.5) is 0 Å². The van der Waals surface area contributed by atoms with E-state index in [0.717, 1.165) is 0 Å². The molecule has 4 fully saturated rings. The molecule has 6 heteroatoms. The average Bonchev–Trinajstić information content (AvgIpc) is 2.38. The molecule has 134 valence electrons. The van der Waals surface area contributed by atoms with Crippen molar-refractivity contribution in [2.75, 3.05) is 6.61 Å². The predicted molar refractivity (Wildman–Crippen MR) is 84.9 cm³/mol. The second kappa shape index (κ2) is 5.05. The summed E-state index contributed by atoms with van der Waals surface area (Å²) in [7, 11) is 0. The molecule has 4 aliphatic rings. The number of esters is 2. The van der Waals surface area contributed by atoms with Gasteiger partial charge in [0.25, 0.3) is 0 Å². The van der Waals surface area contributed by atoms with Gasteiger partial charge in [0.15, 0.2) is 6.61 Å². The number of carbonyl (C=O) groups excluding carboxylic acids is 2. The Morgan fingerprint density at radius 1 is 1.17 bits per heavy atom. The molecule has 0 saturated heterocycles. The van der Waals surface area contributed by atoms with E-state index in [1.807, 2.05) is 13.8 Å². The van der Waals surface area contributed by atoms with E-state index >= 15 is 0 Å². The van der Waals surface area contributed by atoms with Crippen LogP contribution < -0.4 is 0 Å². The molecule has 0 radical (unpaired) electrons. The number of aliphatic hydroxyl groups is 2. The summed E-state index contributed by atoms with van der Waals surface area (Å²) in [4.78, 5) is 23.6. The lowest BCUT2D eigenvalue weighted by Crippen LogP contribution is -2.74. The number of hydrogen-bond acceptors (Lipinski definition) is 6. The number of hydrogen-bond donors (Lipinski definition) is 2. The first kappa shape index (κ1) is 17.4. The smallest absolute Gasteiger partial charge is 0.344 e. The molecule has 4 saturated carbocycles. The normalized spacial score (nSPS) is 45.8. The highest BCUT2D eigenvalue weighted by Crippen LogP contribution is 2.67. The van der Waals surface area contributed by atoms with Gasteiger partial charge in [0.2, 0.25) is 0 Å². The SMILES string of the molecule is C=C(C)C(=O)OCC(=O)OC12CC3(C)CC(O)(CC(O)(C3)C1C)C2. The molecule has 0 aromatic carbocycles. The fourth-order valence-electron chi connectivity index (χ4n) is 5.65. The van der Waals surface area contributed by atoms with Crippen molar-refractivity contribution in [2.45, 2.75) is 69.7 Å². The number of rotatable bonds is 4. The van der Waals surface area contributed by atoms with E-state index in [4.69, 9.17) is 9.47 Å². The van der Waals surface area contributed by atoms with Crippen LogP contribution in [-0.4, -0.2) is 45.6 Å². The van der Waals surface area contributed by atoms with Gasteiger partial charge in [-0.25, -0.2) is 9.59 Å². The second-order valence-corrected chi connectivity index (χ2v) is 8.64. The Bertz CT molecular complexity index is 591. The third-order valence-corrected chi connectivity index (χ3v) is 6.06. The van der Waals surface area contributed by atoms with E-state index in [0.29, 0.717) is 32.1 Å². The molecule has 4 bridgehead atoms. The lowest BCUT2D eigenvalue weighted by atomic mass is 9.42. The lowest BCUT2D eigenvalue weighted by molar-refractivity contribution is -0.309. The van der Waals surface area contributed by atoms with Crippen LogP contribution in [0.25, 0.3) is 0 Å². The Hall–Kier alpha value is -1.40. The van der Waals surface area contributed by atoms with Gasteiger partial charge in [-0.2, -0.15) is 0 Å². The monoisotopic (exact) mass is 338 g/mol. The zero-order valence-corrected chi connectivity index (χ0v) is 14.6. The van der Waals surface area contributed by atoms with Crippen molar-refractivity contribution in [3.05, 3.63) is 12.2 Å². The molecule has 0 aliphatic heterocycles. The fourth-order valence-corrected chi connectivity index (χ4v) is 5.65. The van der Waals surface area contributed by atoms with Crippen LogP contribution in [0.5, 0.6) is 0 Å². The van der Waals surface area contributed by atoms with E-state index in [-0.39, 0.29) is 16.9 Å². The summed E-state index contributed by atoms with van der Waals surface area (Å²) in [5.41, 5.74) is -3.02. The van der Waals surface area contributed by atoms with Gasteiger partial charge in [-0.3, -0.25) is 0 Å². The molecule has 0 aromatic heterocycles. The molecule has 0 spiro atoms. The molecule has 24 heavy (non-hydrogen) atoms. The van der Waals surface area contributed by atoms with E-state index in [2.05, 4.69) is 6.58 Å². The molecule has 0 aromatic rings. The summed E-state index contributed by atoms with van der Waals surface area (Å²) in [5, 5.41) is 21.9. The van der Waals surface area contributed by atoms with E-state index in [1.54, 1.807) is 0 Å². The van der Waals surface area contributed by atoms with Crippen molar-refractivity contribution in [3.8, 4) is 0 Å². The van der Waals surface area contributed by atoms with Crippen LogP contribution in [0.2, 0.25) is 0 Å². The van der Waals surface area contributed by atoms with Gasteiger partial charge in [-0.15, -0.1) is 0 Å². The highest BCUT2D eigenvalue weighted by Gasteiger charge is 2.71. The Morgan fingerprint density at radius 2 is 1.83 bits per heavy atom. The van der Waals surface area contributed by atoms with Gasteiger partial charge in [0.05, 0.1) is 11.2 Å². The van der Waals surface area contributed by atoms with E-state index in [9.17, 15) is 19.8 Å². The average molecular weight is 338 g/mol. The van der Waals surface area contributed by atoms with Gasteiger partial charge in [-0.05, 0) is 31.6 Å². The molecule has 5 unspecified atom stereocenters. The molecular weight excluding hydrogens is 312 g/mol. The van der Waals surface area contributed by atoms with Crippen molar-refractivity contribution in [3.63, 3.8) is 0 Å². The lowest BCUT2D eigenvalue weighted by Gasteiger charge is -2.68. The number of ether oxygens (including phenoxy) is 2. The Balaban J connectivity index is 1.78. The summed E-state index contributed by atoms with van der Waals surface area (Å²) in [6.07, 6.45) is 2.46. The van der Waals surface area contributed by atoms with Crippen molar-refractivity contribution >= 4 is 11.9 Å². The summed E-state index contributed by atoms with van der Waals surface area (Å²) in [6.45, 7) is 8.37. The zero-order chi connectivity index (χ0) is 18.0. The van der Waals surface area contributed by atoms with Crippen LogP contribution >= 0.6 is 0 Å². The molecule has 4 aliphatic carbocycles. The molecular formula is C18H26O6. The van der Waals surface area contributed by atoms with Crippen molar-refractivity contribution in [1.29, 1.82) is 0 Å². The maximum atomic E-state index is 12.2. The minimum atomic E-state index is -1.03. The number of carbonyl (C=O) groups is 2. The van der Waals surface area contributed by atoms with Gasteiger partial charge in [0.1, 0.15) is 5.60 Å². The van der Waals surface area contributed by atoms with E-state index in [1.165, 1.54) is 6.92 Å². The van der Waals surface area contributed by atoms with Crippen molar-refractivity contribution < 1.29 is 29.3 Å².